The van der Waals surface area contributed by atoms with Gasteiger partial charge in [0.1, 0.15) is 5.75 Å². The van der Waals surface area contributed by atoms with Crippen molar-refractivity contribution in [3.05, 3.63) is 36.6 Å². The van der Waals surface area contributed by atoms with Gasteiger partial charge in [-0.3, -0.25) is 4.79 Å². The molecule has 14 heavy (non-hydrogen) atoms. The van der Waals surface area contributed by atoms with E-state index in [9.17, 15) is 4.79 Å². The topological polar surface area (TPSA) is 52.3 Å². The minimum absolute atomic E-state index is 0.0111. The predicted molar refractivity (Wildman–Crippen MR) is 56.3 cm³/mol. The lowest BCUT2D eigenvalue weighted by atomic mass is 10.1. The second-order valence-corrected chi connectivity index (χ2v) is 2.81. The molecule has 0 atom stereocenters. The Balaban J connectivity index is 3.07. The van der Waals surface area contributed by atoms with Crippen molar-refractivity contribution in [2.45, 2.75) is 13.3 Å². The van der Waals surface area contributed by atoms with E-state index in [4.69, 9.17) is 10.5 Å². The first-order valence-corrected chi connectivity index (χ1v) is 4.39. The largest absolute Gasteiger partial charge is 0.466 e. The number of anilines is 1. The van der Waals surface area contributed by atoms with E-state index in [0.717, 1.165) is 0 Å². The molecule has 0 aliphatic heterocycles. The highest BCUT2D eigenvalue weighted by Gasteiger charge is 2.08. The molecule has 0 fully saturated rings. The van der Waals surface area contributed by atoms with Gasteiger partial charge in [-0.25, -0.2) is 0 Å². The maximum absolute atomic E-state index is 11.4. The van der Waals surface area contributed by atoms with E-state index in [1.54, 1.807) is 25.1 Å². The number of nitrogen functional groups attached to an aromatic ring is 1. The Morgan fingerprint density at radius 1 is 1.64 bits per heavy atom. The van der Waals surface area contributed by atoms with Gasteiger partial charge in [0.05, 0.1) is 6.26 Å². The van der Waals surface area contributed by atoms with Crippen LogP contribution < -0.4 is 10.5 Å². The van der Waals surface area contributed by atoms with Gasteiger partial charge in [-0.2, -0.15) is 0 Å². The number of carbonyl (C=O) groups excluding carboxylic acids is 1. The lowest BCUT2D eigenvalue weighted by Gasteiger charge is -2.05. The second-order valence-electron chi connectivity index (χ2n) is 2.81. The van der Waals surface area contributed by atoms with E-state index in [1.165, 1.54) is 6.26 Å². The van der Waals surface area contributed by atoms with Crippen LogP contribution in [0.1, 0.15) is 23.7 Å². The molecule has 1 aromatic rings. The van der Waals surface area contributed by atoms with E-state index in [-0.39, 0.29) is 5.78 Å². The van der Waals surface area contributed by atoms with E-state index < -0.39 is 0 Å². The highest BCUT2D eigenvalue weighted by molar-refractivity contribution is 6.00. The smallest absolute Gasteiger partial charge is 0.164 e. The van der Waals surface area contributed by atoms with Crippen LogP contribution in [0.4, 0.5) is 5.69 Å². The Hall–Kier alpha value is -1.77. The molecule has 0 aliphatic rings. The molecule has 0 heterocycles. The molecule has 0 bridgehead atoms. The Morgan fingerprint density at radius 2 is 2.36 bits per heavy atom. The van der Waals surface area contributed by atoms with E-state index in [0.29, 0.717) is 23.4 Å². The van der Waals surface area contributed by atoms with Crippen LogP contribution >= 0.6 is 0 Å². The lowest BCUT2D eigenvalue weighted by molar-refractivity contribution is 0.0988. The number of hydrogen-bond acceptors (Lipinski definition) is 3. The van der Waals surface area contributed by atoms with Crippen LogP contribution in [0, 0.1) is 0 Å². The lowest BCUT2D eigenvalue weighted by Crippen LogP contribution is -2.02. The van der Waals surface area contributed by atoms with E-state index in [2.05, 4.69) is 6.58 Å². The third-order valence-corrected chi connectivity index (χ3v) is 1.87. The summed E-state index contributed by atoms with van der Waals surface area (Å²) in [6.45, 7) is 5.23. The summed E-state index contributed by atoms with van der Waals surface area (Å²) < 4.78 is 5.05. The van der Waals surface area contributed by atoms with Gasteiger partial charge in [-0.05, 0) is 18.2 Å². The number of Topliss-reactive ketones (excluding diaryl/α,β-unsaturated/α-hetero) is 1. The second kappa shape index (κ2) is 4.46. The fraction of sp³-hybridized carbons (Fsp3) is 0.182. The summed E-state index contributed by atoms with van der Waals surface area (Å²) in [6.07, 6.45) is 1.74. The fourth-order valence-corrected chi connectivity index (χ4v) is 1.14. The van der Waals surface area contributed by atoms with Crippen molar-refractivity contribution in [2.75, 3.05) is 5.73 Å². The van der Waals surface area contributed by atoms with Crippen LogP contribution in [0.15, 0.2) is 31.0 Å². The minimum atomic E-state index is 0.0111. The Kier molecular flexibility index (Phi) is 3.29. The number of benzene rings is 1. The predicted octanol–water partition coefficient (Wildman–Crippen LogP) is 2.38. The van der Waals surface area contributed by atoms with Gasteiger partial charge in [-0.15, -0.1) is 0 Å². The molecule has 74 valence electrons. The summed E-state index contributed by atoms with van der Waals surface area (Å²) in [5, 5.41) is 0. The maximum atomic E-state index is 11.4. The van der Waals surface area contributed by atoms with Gasteiger partial charge in [0.25, 0.3) is 0 Å². The number of carbonyl (C=O) groups is 1. The molecular weight excluding hydrogens is 178 g/mol. The summed E-state index contributed by atoms with van der Waals surface area (Å²) in [5.74, 6) is 0.586. The average Bonchev–Trinajstić information content (AvgIpc) is 2.20. The van der Waals surface area contributed by atoms with E-state index >= 15 is 0 Å². The van der Waals surface area contributed by atoms with Crippen LogP contribution in [0.5, 0.6) is 5.75 Å². The summed E-state index contributed by atoms with van der Waals surface area (Å²) in [5.41, 5.74) is 6.65. The summed E-state index contributed by atoms with van der Waals surface area (Å²) in [7, 11) is 0. The minimum Gasteiger partial charge on any atom is -0.466 e. The molecule has 0 saturated carbocycles. The Labute approximate surface area is 83.2 Å². The normalized spacial score (nSPS) is 9.50. The van der Waals surface area contributed by atoms with Crippen molar-refractivity contribution in [1.82, 2.24) is 0 Å². The van der Waals surface area contributed by atoms with Crippen LogP contribution in [0.3, 0.4) is 0 Å². The first-order valence-electron chi connectivity index (χ1n) is 4.39. The Morgan fingerprint density at radius 3 is 2.93 bits per heavy atom. The molecule has 0 aromatic heterocycles. The van der Waals surface area contributed by atoms with Crippen LogP contribution in [0.25, 0.3) is 0 Å². The first kappa shape index (κ1) is 10.3. The number of rotatable bonds is 4. The van der Waals surface area contributed by atoms with Gasteiger partial charge >= 0.3 is 0 Å². The van der Waals surface area contributed by atoms with E-state index in [1.807, 2.05) is 0 Å². The van der Waals surface area contributed by atoms with Crippen LogP contribution in [0.2, 0.25) is 0 Å². The zero-order valence-corrected chi connectivity index (χ0v) is 8.12. The van der Waals surface area contributed by atoms with Crippen LogP contribution in [-0.4, -0.2) is 5.78 Å². The number of hydrogen-bond donors (Lipinski definition) is 1. The van der Waals surface area contributed by atoms with Gasteiger partial charge in [0, 0.05) is 17.7 Å². The van der Waals surface area contributed by atoms with Crippen molar-refractivity contribution in [3.63, 3.8) is 0 Å². The number of ether oxygens (including phenoxy) is 1. The van der Waals surface area contributed by atoms with Crippen molar-refractivity contribution in [2.24, 2.45) is 0 Å². The zero-order valence-electron chi connectivity index (χ0n) is 8.12. The summed E-state index contributed by atoms with van der Waals surface area (Å²) >= 11 is 0. The van der Waals surface area contributed by atoms with Crippen molar-refractivity contribution < 1.29 is 9.53 Å². The Bertz CT molecular complexity index is 358. The molecule has 0 unspecified atom stereocenters. The van der Waals surface area contributed by atoms with Crippen molar-refractivity contribution in [3.8, 4) is 5.75 Å². The van der Waals surface area contributed by atoms with Gasteiger partial charge in [-0.1, -0.05) is 13.5 Å². The first-order chi connectivity index (χ1) is 6.69. The number of nitrogens with two attached hydrogens (primary N) is 1. The number of ketones is 1. The molecule has 0 saturated heterocycles. The zero-order chi connectivity index (χ0) is 10.6. The molecule has 3 nitrogen and oxygen atoms in total. The maximum Gasteiger partial charge on any atom is 0.164 e. The third-order valence-electron chi connectivity index (χ3n) is 1.87. The molecule has 1 rings (SSSR count). The van der Waals surface area contributed by atoms with Gasteiger partial charge in [0.15, 0.2) is 5.78 Å². The van der Waals surface area contributed by atoms with Gasteiger partial charge < -0.3 is 10.5 Å². The molecule has 2 N–H and O–H groups in total. The molecule has 0 spiro atoms. The highest BCUT2D eigenvalue weighted by Crippen LogP contribution is 2.21. The molecule has 3 heteroatoms. The summed E-state index contributed by atoms with van der Waals surface area (Å²) in [6, 6.07) is 4.98. The van der Waals surface area contributed by atoms with Crippen molar-refractivity contribution in [1.29, 1.82) is 0 Å². The average molecular weight is 191 g/mol. The van der Waals surface area contributed by atoms with Crippen LogP contribution in [-0.2, 0) is 0 Å². The molecule has 0 aliphatic carbocycles. The SMILES string of the molecule is C=COc1ccc(N)c(C(=O)CC)c1. The van der Waals surface area contributed by atoms with Crippen molar-refractivity contribution >= 4 is 11.5 Å². The monoisotopic (exact) mass is 191 g/mol. The fourth-order valence-electron chi connectivity index (χ4n) is 1.14. The third kappa shape index (κ3) is 2.13. The molecule has 0 amide bonds. The molecule has 1 aromatic carbocycles. The quantitative estimate of drug-likeness (QED) is 0.451. The molecular formula is C11H13NO2. The summed E-state index contributed by atoms with van der Waals surface area (Å²) in [4.78, 5) is 11.4. The van der Waals surface area contributed by atoms with Gasteiger partial charge in [0.2, 0.25) is 0 Å². The standard InChI is InChI=1S/C11H13NO2/c1-3-11(13)9-7-8(14-4-2)5-6-10(9)12/h4-7H,2-3,12H2,1H3. The highest BCUT2D eigenvalue weighted by atomic mass is 16.5. The molecule has 0 radical (unpaired) electrons.